The van der Waals surface area contributed by atoms with Crippen molar-refractivity contribution in [3.63, 3.8) is 0 Å². The summed E-state index contributed by atoms with van der Waals surface area (Å²) in [6, 6.07) is 12.5. The molecular formula is C19H20N2O4S. The molecule has 1 heterocycles. The van der Waals surface area contributed by atoms with E-state index in [-0.39, 0.29) is 22.9 Å². The van der Waals surface area contributed by atoms with Gasteiger partial charge < -0.3 is 24.2 Å². The molecule has 0 aliphatic carbocycles. The predicted octanol–water partition coefficient (Wildman–Crippen LogP) is 4.00. The lowest BCUT2D eigenvalue weighted by Gasteiger charge is -2.24. The summed E-state index contributed by atoms with van der Waals surface area (Å²) in [5, 5.41) is 2.97. The van der Waals surface area contributed by atoms with E-state index in [1.54, 1.807) is 32.4 Å². The number of amides is 1. The van der Waals surface area contributed by atoms with Gasteiger partial charge in [-0.1, -0.05) is 12.1 Å². The average Bonchev–Trinajstić information content (AvgIpc) is 3.02. The lowest BCUT2D eigenvalue weighted by atomic mass is 10.0. The third-order valence-corrected chi connectivity index (χ3v) is 4.38. The van der Waals surface area contributed by atoms with Crippen molar-refractivity contribution in [2.24, 2.45) is 0 Å². The molecule has 136 valence electrons. The summed E-state index contributed by atoms with van der Waals surface area (Å²) in [7, 11) is 3.24. The minimum absolute atomic E-state index is 0.211. The van der Waals surface area contributed by atoms with Crippen LogP contribution in [0.2, 0.25) is 0 Å². The number of benzene rings is 2. The number of fused-ring (bicyclic) bond motifs is 1. The number of hydrogen-bond donors (Lipinski definition) is 2. The Morgan fingerprint density at radius 1 is 1.19 bits per heavy atom. The van der Waals surface area contributed by atoms with Crippen molar-refractivity contribution in [2.45, 2.75) is 19.1 Å². The summed E-state index contributed by atoms with van der Waals surface area (Å²) in [5.74, 6) is 0.558. The number of nitrogens with one attached hydrogen (secondary N) is 2. The van der Waals surface area contributed by atoms with Crippen LogP contribution in [0.15, 0.2) is 46.9 Å². The van der Waals surface area contributed by atoms with Gasteiger partial charge in [-0.25, -0.2) is 0 Å². The lowest BCUT2D eigenvalue weighted by Crippen LogP contribution is -2.37. The summed E-state index contributed by atoms with van der Waals surface area (Å²) < 4.78 is 16.1. The Kier molecular flexibility index (Phi) is 5.39. The van der Waals surface area contributed by atoms with E-state index in [1.165, 1.54) is 0 Å². The number of hydrogen-bond acceptors (Lipinski definition) is 5. The van der Waals surface area contributed by atoms with Gasteiger partial charge in [-0.2, -0.15) is 0 Å². The summed E-state index contributed by atoms with van der Waals surface area (Å²) in [6.07, 6.45) is -0.287. The number of aromatic amines is 1. The van der Waals surface area contributed by atoms with Crippen LogP contribution in [0.1, 0.15) is 28.9 Å². The van der Waals surface area contributed by atoms with Crippen molar-refractivity contribution < 1.29 is 18.7 Å². The van der Waals surface area contributed by atoms with Crippen LogP contribution in [0.5, 0.6) is 5.75 Å². The number of H-pyrrole nitrogens is 1. The van der Waals surface area contributed by atoms with Gasteiger partial charge in [0, 0.05) is 12.7 Å². The van der Waals surface area contributed by atoms with E-state index >= 15 is 0 Å². The number of ether oxygens (including phenoxy) is 2. The highest BCUT2D eigenvalue weighted by Gasteiger charge is 2.21. The molecule has 0 aliphatic rings. The van der Waals surface area contributed by atoms with Crippen molar-refractivity contribution in [2.75, 3.05) is 14.2 Å². The molecule has 26 heavy (non-hydrogen) atoms. The Bertz CT molecular complexity index is 962. The molecule has 0 aliphatic heterocycles. The van der Waals surface area contributed by atoms with Crippen LogP contribution in [0.25, 0.3) is 11.1 Å². The SMILES string of the molecule is COc1ccc([C@H](OC)[C@@H](C)NC(=O)c2ccc3[nH]c(=S)oc3c2)cc1. The fourth-order valence-electron chi connectivity index (χ4n) is 2.87. The van der Waals surface area contributed by atoms with Gasteiger partial charge in [0.05, 0.1) is 18.7 Å². The molecule has 0 saturated carbocycles. The van der Waals surface area contributed by atoms with E-state index in [4.69, 9.17) is 26.1 Å². The number of carbonyl (C=O) groups is 1. The molecule has 0 saturated heterocycles. The molecule has 7 heteroatoms. The van der Waals surface area contributed by atoms with E-state index in [0.717, 1.165) is 16.8 Å². The van der Waals surface area contributed by atoms with Crippen molar-refractivity contribution in [1.82, 2.24) is 10.3 Å². The zero-order valence-corrected chi connectivity index (χ0v) is 15.6. The summed E-state index contributed by atoms with van der Waals surface area (Å²) in [6.45, 7) is 1.90. The largest absolute Gasteiger partial charge is 0.497 e. The van der Waals surface area contributed by atoms with Crippen LogP contribution < -0.4 is 10.1 Å². The average molecular weight is 372 g/mol. The van der Waals surface area contributed by atoms with Gasteiger partial charge in [0.2, 0.25) is 0 Å². The van der Waals surface area contributed by atoms with Gasteiger partial charge in [0.1, 0.15) is 11.9 Å². The number of methoxy groups -OCH3 is 2. The summed E-state index contributed by atoms with van der Waals surface area (Å²) in [4.78, 5) is 15.8. The van der Waals surface area contributed by atoms with Crippen LogP contribution >= 0.6 is 12.2 Å². The predicted molar refractivity (Wildman–Crippen MR) is 101 cm³/mol. The van der Waals surface area contributed by atoms with E-state index in [9.17, 15) is 4.79 Å². The van der Waals surface area contributed by atoms with Gasteiger partial charge in [0.15, 0.2) is 5.58 Å². The first-order valence-electron chi connectivity index (χ1n) is 8.12. The third-order valence-electron chi connectivity index (χ3n) is 4.19. The smallest absolute Gasteiger partial charge is 0.266 e. The molecule has 1 aromatic heterocycles. The Morgan fingerprint density at radius 3 is 2.58 bits per heavy atom. The zero-order valence-electron chi connectivity index (χ0n) is 14.7. The molecule has 0 spiro atoms. The molecule has 1 amide bonds. The Hall–Kier alpha value is -2.64. The molecule has 0 unspecified atom stereocenters. The van der Waals surface area contributed by atoms with Crippen molar-refractivity contribution in [3.8, 4) is 5.75 Å². The van der Waals surface area contributed by atoms with Crippen molar-refractivity contribution >= 4 is 29.2 Å². The molecule has 2 N–H and O–H groups in total. The maximum atomic E-state index is 12.6. The highest BCUT2D eigenvalue weighted by atomic mass is 32.1. The summed E-state index contributed by atoms with van der Waals surface area (Å²) in [5.41, 5.74) is 2.75. The van der Waals surface area contributed by atoms with Crippen LogP contribution in [0, 0.1) is 4.84 Å². The van der Waals surface area contributed by atoms with Crippen LogP contribution in [-0.4, -0.2) is 31.2 Å². The third kappa shape index (κ3) is 3.79. The van der Waals surface area contributed by atoms with Crippen molar-refractivity contribution in [1.29, 1.82) is 0 Å². The first kappa shape index (κ1) is 18.2. The molecule has 3 aromatic rings. The quantitative estimate of drug-likeness (QED) is 0.640. The van der Waals surface area contributed by atoms with Gasteiger partial charge in [-0.05, 0) is 55.0 Å². The fourth-order valence-corrected chi connectivity index (χ4v) is 3.07. The number of carbonyl (C=O) groups excluding carboxylic acids is 1. The molecule has 0 bridgehead atoms. The first-order chi connectivity index (χ1) is 12.5. The molecule has 2 aromatic carbocycles. The van der Waals surface area contributed by atoms with E-state index in [1.807, 2.05) is 31.2 Å². The zero-order chi connectivity index (χ0) is 18.7. The van der Waals surface area contributed by atoms with E-state index in [0.29, 0.717) is 11.1 Å². The topological polar surface area (TPSA) is 76.5 Å². The second-order valence-electron chi connectivity index (χ2n) is 5.92. The van der Waals surface area contributed by atoms with E-state index < -0.39 is 0 Å². The monoisotopic (exact) mass is 372 g/mol. The van der Waals surface area contributed by atoms with E-state index in [2.05, 4.69) is 10.3 Å². The lowest BCUT2D eigenvalue weighted by molar-refractivity contribution is 0.0644. The molecule has 0 fully saturated rings. The van der Waals surface area contributed by atoms with Gasteiger partial charge in [0.25, 0.3) is 10.7 Å². The maximum Gasteiger partial charge on any atom is 0.266 e. The highest BCUT2D eigenvalue weighted by molar-refractivity contribution is 7.71. The highest BCUT2D eigenvalue weighted by Crippen LogP contribution is 2.23. The maximum absolute atomic E-state index is 12.6. The van der Waals surface area contributed by atoms with Crippen LogP contribution in [0.3, 0.4) is 0 Å². The second-order valence-corrected chi connectivity index (χ2v) is 6.29. The first-order valence-corrected chi connectivity index (χ1v) is 8.53. The number of rotatable bonds is 6. The Balaban J connectivity index is 1.75. The Morgan fingerprint density at radius 2 is 1.92 bits per heavy atom. The normalized spacial score (nSPS) is 13.3. The number of oxazole rings is 1. The second kappa shape index (κ2) is 7.72. The molecule has 0 radical (unpaired) electrons. The number of aromatic nitrogens is 1. The van der Waals surface area contributed by atoms with Gasteiger partial charge in [-0.3, -0.25) is 4.79 Å². The molecule has 3 rings (SSSR count). The van der Waals surface area contributed by atoms with Crippen LogP contribution in [0.4, 0.5) is 0 Å². The molecule has 2 atom stereocenters. The van der Waals surface area contributed by atoms with Crippen LogP contribution in [-0.2, 0) is 4.74 Å². The minimum atomic E-state index is -0.287. The standard InChI is InChI=1S/C19H20N2O4S/c1-11(17(24-3)12-4-7-14(23-2)8-5-12)20-18(22)13-6-9-15-16(10-13)25-19(26)21-15/h4-11,17H,1-3H3,(H,20,22)(H,21,26)/t11-,17-/m1/s1. The fraction of sp³-hybridized carbons (Fsp3) is 0.263. The summed E-state index contributed by atoms with van der Waals surface area (Å²) >= 11 is 4.97. The molecular weight excluding hydrogens is 352 g/mol. The Labute approximate surface area is 156 Å². The molecule has 6 nitrogen and oxygen atoms in total. The minimum Gasteiger partial charge on any atom is -0.497 e. The van der Waals surface area contributed by atoms with Gasteiger partial charge >= 0.3 is 0 Å². The van der Waals surface area contributed by atoms with Gasteiger partial charge in [-0.15, -0.1) is 0 Å². The van der Waals surface area contributed by atoms with Crippen molar-refractivity contribution in [3.05, 3.63) is 58.4 Å².